The third-order valence-corrected chi connectivity index (χ3v) is 3.16. The molecule has 0 spiro atoms. The van der Waals surface area contributed by atoms with E-state index in [0.29, 0.717) is 22.7 Å². The molecule has 2 aromatic rings. The topological polar surface area (TPSA) is 67.4 Å². The molecule has 0 aromatic heterocycles. The van der Waals surface area contributed by atoms with Crippen LogP contribution in [0.2, 0.25) is 0 Å². The van der Waals surface area contributed by atoms with E-state index in [9.17, 15) is 14.0 Å². The summed E-state index contributed by atoms with van der Waals surface area (Å²) in [7, 11) is 0. The van der Waals surface area contributed by atoms with Gasteiger partial charge in [0.25, 0.3) is 5.91 Å². The Morgan fingerprint density at radius 1 is 1.26 bits per heavy atom. The minimum absolute atomic E-state index is 0.0188. The molecular weight excluding hydrogens is 299 g/mol. The molecule has 0 unspecified atom stereocenters. The van der Waals surface area contributed by atoms with Crippen LogP contribution in [0.15, 0.2) is 48.5 Å². The van der Waals surface area contributed by atoms with Crippen LogP contribution in [0.1, 0.15) is 5.56 Å². The maximum atomic E-state index is 13.0. The first-order valence-corrected chi connectivity index (χ1v) is 6.91. The number of carbonyl (C=O) groups is 2. The molecule has 2 aromatic carbocycles. The van der Waals surface area contributed by atoms with Gasteiger partial charge in [0.15, 0.2) is 6.61 Å². The Bertz CT molecular complexity index is 802. The van der Waals surface area contributed by atoms with Crippen molar-refractivity contribution in [2.45, 2.75) is 0 Å². The minimum atomic E-state index is -0.364. The quantitative estimate of drug-likeness (QED) is 0.856. The summed E-state index contributed by atoms with van der Waals surface area (Å²) in [5.74, 6) is -0.417. The van der Waals surface area contributed by atoms with Crippen LogP contribution in [0.4, 0.5) is 15.8 Å². The Labute approximate surface area is 131 Å². The standard InChI is InChI=1S/C17H13FN2O3/c18-12-3-1-2-11(8-12)4-7-16(21)19-13-5-6-15-14(9-13)20-17(22)10-23-15/h1-9H,10H2,(H,19,21)(H,20,22)/b7-4+. The largest absolute Gasteiger partial charge is 0.482 e. The second-order valence-corrected chi connectivity index (χ2v) is 4.93. The van der Waals surface area contributed by atoms with Crippen LogP contribution in [0.25, 0.3) is 6.08 Å². The summed E-state index contributed by atoms with van der Waals surface area (Å²) >= 11 is 0. The van der Waals surface area contributed by atoms with Crippen LogP contribution in [-0.4, -0.2) is 18.4 Å². The summed E-state index contributed by atoms with van der Waals surface area (Å²) in [5.41, 5.74) is 1.61. The normalized spacial score (nSPS) is 13.2. The van der Waals surface area contributed by atoms with Crippen molar-refractivity contribution in [1.82, 2.24) is 0 Å². The van der Waals surface area contributed by atoms with Crippen molar-refractivity contribution < 1.29 is 18.7 Å². The number of hydrogen-bond acceptors (Lipinski definition) is 3. The number of ether oxygens (including phenoxy) is 1. The highest BCUT2D eigenvalue weighted by Gasteiger charge is 2.16. The monoisotopic (exact) mass is 312 g/mol. The van der Waals surface area contributed by atoms with Crippen molar-refractivity contribution in [3.8, 4) is 5.75 Å². The van der Waals surface area contributed by atoms with Crippen molar-refractivity contribution in [1.29, 1.82) is 0 Å². The van der Waals surface area contributed by atoms with Gasteiger partial charge in [-0.2, -0.15) is 0 Å². The SMILES string of the molecule is O=C(/C=C/c1cccc(F)c1)Nc1ccc2c(c1)NC(=O)CO2. The summed E-state index contributed by atoms with van der Waals surface area (Å²) in [6.07, 6.45) is 2.82. The molecule has 0 atom stereocenters. The van der Waals surface area contributed by atoms with E-state index in [-0.39, 0.29) is 24.2 Å². The molecule has 3 rings (SSSR count). The summed E-state index contributed by atoms with van der Waals surface area (Å²) in [6, 6.07) is 10.9. The van der Waals surface area contributed by atoms with E-state index >= 15 is 0 Å². The molecule has 1 aliphatic heterocycles. The van der Waals surface area contributed by atoms with Crippen LogP contribution >= 0.6 is 0 Å². The van der Waals surface area contributed by atoms with Gasteiger partial charge in [0.1, 0.15) is 11.6 Å². The average molecular weight is 312 g/mol. The lowest BCUT2D eigenvalue weighted by atomic mass is 10.2. The first kappa shape index (κ1) is 14.8. The van der Waals surface area contributed by atoms with E-state index in [0.717, 1.165) is 0 Å². The lowest BCUT2D eigenvalue weighted by Gasteiger charge is -2.18. The average Bonchev–Trinajstić information content (AvgIpc) is 2.53. The van der Waals surface area contributed by atoms with Crippen molar-refractivity contribution in [3.63, 3.8) is 0 Å². The van der Waals surface area contributed by atoms with Crippen LogP contribution < -0.4 is 15.4 Å². The van der Waals surface area contributed by atoms with Crippen molar-refractivity contribution >= 4 is 29.3 Å². The Morgan fingerprint density at radius 2 is 2.13 bits per heavy atom. The number of amides is 2. The second-order valence-electron chi connectivity index (χ2n) is 4.93. The maximum absolute atomic E-state index is 13.0. The number of benzene rings is 2. The van der Waals surface area contributed by atoms with Crippen molar-refractivity contribution in [2.75, 3.05) is 17.2 Å². The molecule has 0 saturated carbocycles. The molecule has 6 heteroatoms. The van der Waals surface area contributed by atoms with E-state index in [1.807, 2.05) is 0 Å². The van der Waals surface area contributed by atoms with Crippen LogP contribution in [0.3, 0.4) is 0 Å². The molecule has 0 fully saturated rings. The predicted octanol–water partition coefficient (Wildman–Crippen LogP) is 2.81. The molecular formula is C17H13FN2O3. The third-order valence-electron chi connectivity index (χ3n) is 3.16. The summed E-state index contributed by atoms with van der Waals surface area (Å²) in [4.78, 5) is 23.2. The van der Waals surface area contributed by atoms with Gasteiger partial charge in [-0.25, -0.2) is 4.39 Å². The number of carbonyl (C=O) groups excluding carboxylic acids is 2. The number of halogens is 1. The lowest BCUT2D eigenvalue weighted by molar-refractivity contribution is -0.118. The molecule has 0 aliphatic carbocycles. The second kappa shape index (κ2) is 6.31. The highest BCUT2D eigenvalue weighted by molar-refractivity contribution is 6.03. The fraction of sp³-hybridized carbons (Fsp3) is 0.0588. The van der Waals surface area contributed by atoms with Gasteiger partial charge < -0.3 is 15.4 Å². The van der Waals surface area contributed by atoms with Gasteiger partial charge in [0, 0.05) is 11.8 Å². The van der Waals surface area contributed by atoms with Crippen molar-refractivity contribution in [2.24, 2.45) is 0 Å². The highest BCUT2D eigenvalue weighted by Crippen LogP contribution is 2.30. The van der Waals surface area contributed by atoms with E-state index in [1.165, 1.54) is 24.3 Å². The summed E-state index contributed by atoms with van der Waals surface area (Å²) < 4.78 is 18.3. The predicted molar refractivity (Wildman–Crippen MR) is 84.6 cm³/mol. The molecule has 23 heavy (non-hydrogen) atoms. The van der Waals surface area contributed by atoms with Crippen LogP contribution in [0, 0.1) is 5.82 Å². The highest BCUT2D eigenvalue weighted by atomic mass is 19.1. The van der Waals surface area contributed by atoms with Gasteiger partial charge in [0.2, 0.25) is 5.91 Å². The summed E-state index contributed by atoms with van der Waals surface area (Å²) in [6.45, 7) is -0.0188. The molecule has 0 radical (unpaired) electrons. The zero-order valence-corrected chi connectivity index (χ0v) is 12.0. The Kier molecular flexibility index (Phi) is 4.05. The fourth-order valence-corrected chi connectivity index (χ4v) is 2.13. The molecule has 116 valence electrons. The van der Waals surface area contributed by atoms with E-state index < -0.39 is 0 Å². The minimum Gasteiger partial charge on any atom is -0.482 e. The first-order valence-electron chi connectivity index (χ1n) is 6.91. The molecule has 1 heterocycles. The molecule has 0 bridgehead atoms. The van der Waals surface area contributed by atoms with E-state index in [2.05, 4.69) is 10.6 Å². The number of nitrogens with one attached hydrogen (secondary N) is 2. The van der Waals surface area contributed by atoms with Crippen molar-refractivity contribution in [3.05, 3.63) is 59.9 Å². The molecule has 0 saturated heterocycles. The van der Waals surface area contributed by atoms with Gasteiger partial charge in [-0.3, -0.25) is 9.59 Å². The molecule has 2 amide bonds. The lowest BCUT2D eigenvalue weighted by Crippen LogP contribution is -2.25. The van der Waals surface area contributed by atoms with Crippen LogP contribution in [0.5, 0.6) is 5.75 Å². The molecule has 2 N–H and O–H groups in total. The van der Waals surface area contributed by atoms with Gasteiger partial charge in [-0.15, -0.1) is 0 Å². The Morgan fingerprint density at radius 3 is 2.96 bits per heavy atom. The number of hydrogen-bond donors (Lipinski definition) is 2. The third kappa shape index (κ3) is 3.74. The van der Waals surface area contributed by atoms with Gasteiger partial charge in [0.05, 0.1) is 5.69 Å². The number of rotatable bonds is 3. The maximum Gasteiger partial charge on any atom is 0.262 e. The van der Waals surface area contributed by atoms with Gasteiger partial charge in [-0.05, 0) is 42.0 Å². The van der Waals surface area contributed by atoms with Gasteiger partial charge >= 0.3 is 0 Å². The molecule has 1 aliphatic rings. The number of anilines is 2. The first-order chi connectivity index (χ1) is 11.1. The Balaban J connectivity index is 1.68. The zero-order valence-electron chi connectivity index (χ0n) is 12.0. The van der Waals surface area contributed by atoms with Gasteiger partial charge in [-0.1, -0.05) is 12.1 Å². The summed E-state index contributed by atoms with van der Waals surface area (Å²) in [5, 5.41) is 5.33. The van der Waals surface area contributed by atoms with Crippen LogP contribution in [-0.2, 0) is 9.59 Å². The Hall–Kier alpha value is -3.15. The fourth-order valence-electron chi connectivity index (χ4n) is 2.13. The van der Waals surface area contributed by atoms with E-state index in [1.54, 1.807) is 30.3 Å². The molecule has 5 nitrogen and oxygen atoms in total. The smallest absolute Gasteiger partial charge is 0.262 e. The van der Waals surface area contributed by atoms with E-state index in [4.69, 9.17) is 4.74 Å². The number of fused-ring (bicyclic) bond motifs is 1. The zero-order chi connectivity index (χ0) is 16.2.